The molecule has 11 rings (SSSR count). The molecule has 1 nitrogen and oxygen atoms in total. The predicted molar refractivity (Wildman–Crippen MR) is 218 cm³/mol. The molecule has 0 fully saturated rings. The SMILES string of the molecule is c1ccc(-c2cc3ccc4ccccc4c3cc2-c2c3ccccc3c(-c3cccc4c3oc3cc5ccccc5cc34)c3ccccc23)cc1. The average Bonchev–Trinajstić information content (AvgIpc) is 3.56. The molecule has 0 saturated carbocycles. The van der Waals surface area contributed by atoms with Crippen molar-refractivity contribution in [3.05, 3.63) is 182 Å². The Morgan fingerprint density at radius 2 is 0.824 bits per heavy atom. The van der Waals surface area contributed by atoms with Gasteiger partial charge in [-0.3, -0.25) is 0 Å². The molecule has 0 radical (unpaired) electrons. The van der Waals surface area contributed by atoms with Gasteiger partial charge in [0.25, 0.3) is 0 Å². The smallest absolute Gasteiger partial charge is 0.143 e. The number of benzene rings is 10. The van der Waals surface area contributed by atoms with E-state index >= 15 is 0 Å². The first kappa shape index (κ1) is 28.2. The van der Waals surface area contributed by atoms with Crippen LogP contribution in [0.4, 0.5) is 0 Å². The zero-order chi connectivity index (χ0) is 33.5. The molecule has 0 aliphatic heterocycles. The van der Waals surface area contributed by atoms with Crippen LogP contribution in [0.15, 0.2) is 186 Å². The van der Waals surface area contributed by atoms with Gasteiger partial charge < -0.3 is 4.42 Å². The lowest BCUT2D eigenvalue weighted by molar-refractivity contribution is 0.670. The first-order chi connectivity index (χ1) is 25.3. The van der Waals surface area contributed by atoms with Crippen LogP contribution >= 0.6 is 0 Å². The maximum absolute atomic E-state index is 6.82. The molecule has 0 atom stereocenters. The molecule has 51 heavy (non-hydrogen) atoms. The van der Waals surface area contributed by atoms with Crippen molar-refractivity contribution in [1.82, 2.24) is 0 Å². The molecule has 0 amide bonds. The third-order valence-corrected chi connectivity index (χ3v) is 10.8. The van der Waals surface area contributed by atoms with Gasteiger partial charge in [0.1, 0.15) is 11.2 Å². The van der Waals surface area contributed by atoms with Crippen LogP contribution in [0.2, 0.25) is 0 Å². The summed E-state index contributed by atoms with van der Waals surface area (Å²) in [6, 6.07) is 66.4. The average molecular weight is 647 g/mol. The molecule has 1 heteroatoms. The van der Waals surface area contributed by atoms with E-state index in [1.807, 2.05) is 0 Å². The summed E-state index contributed by atoms with van der Waals surface area (Å²) >= 11 is 0. The highest BCUT2D eigenvalue weighted by atomic mass is 16.3. The van der Waals surface area contributed by atoms with E-state index in [1.54, 1.807) is 0 Å². The summed E-state index contributed by atoms with van der Waals surface area (Å²) in [5.74, 6) is 0. The Kier molecular flexibility index (Phi) is 6.02. The largest absolute Gasteiger partial charge is 0.455 e. The van der Waals surface area contributed by atoms with Crippen LogP contribution in [0.1, 0.15) is 0 Å². The van der Waals surface area contributed by atoms with E-state index in [-0.39, 0.29) is 0 Å². The third-order valence-electron chi connectivity index (χ3n) is 10.8. The number of hydrogen-bond donors (Lipinski definition) is 0. The van der Waals surface area contributed by atoms with Crippen LogP contribution in [-0.4, -0.2) is 0 Å². The number of hydrogen-bond acceptors (Lipinski definition) is 1. The number of rotatable bonds is 3. The van der Waals surface area contributed by atoms with E-state index in [4.69, 9.17) is 4.42 Å². The summed E-state index contributed by atoms with van der Waals surface area (Å²) in [4.78, 5) is 0. The third kappa shape index (κ3) is 4.22. The zero-order valence-corrected chi connectivity index (χ0v) is 27.7. The first-order valence-corrected chi connectivity index (χ1v) is 17.6. The second kappa shape index (κ2) is 10.9. The first-order valence-electron chi connectivity index (χ1n) is 17.6. The second-order valence-electron chi connectivity index (χ2n) is 13.6. The fraction of sp³-hybridized carbons (Fsp3) is 0. The number of furan rings is 1. The van der Waals surface area contributed by atoms with Gasteiger partial charge in [0.05, 0.1) is 0 Å². The normalized spacial score (nSPS) is 11.9. The van der Waals surface area contributed by atoms with Crippen molar-refractivity contribution in [1.29, 1.82) is 0 Å². The fourth-order valence-electron chi connectivity index (χ4n) is 8.51. The van der Waals surface area contributed by atoms with E-state index in [9.17, 15) is 0 Å². The molecule has 0 aliphatic carbocycles. The highest BCUT2D eigenvalue weighted by Crippen LogP contribution is 2.49. The van der Waals surface area contributed by atoms with Crippen molar-refractivity contribution in [3.63, 3.8) is 0 Å². The molecule has 0 aliphatic rings. The summed E-state index contributed by atoms with van der Waals surface area (Å²) in [5, 5.41) is 14.6. The van der Waals surface area contributed by atoms with Crippen molar-refractivity contribution >= 4 is 75.8 Å². The standard InChI is InChI=1S/C50H30O/c1-2-13-31(14-3-1)43-28-35-26-25-32-15-6-7-18-36(32)44(35)30-46(43)49-39-21-10-8-19-37(39)48(38-20-9-11-22-40(38)49)42-24-12-23-41-45-27-33-16-4-5-17-34(33)29-47(45)51-50(41)42/h1-30H. The quantitative estimate of drug-likeness (QED) is 0.138. The molecule has 0 bridgehead atoms. The molecule has 0 unspecified atom stereocenters. The van der Waals surface area contributed by atoms with Gasteiger partial charge >= 0.3 is 0 Å². The molecular weight excluding hydrogens is 617 g/mol. The Balaban J connectivity index is 1.28. The van der Waals surface area contributed by atoms with E-state index < -0.39 is 0 Å². The highest BCUT2D eigenvalue weighted by Gasteiger charge is 2.22. The van der Waals surface area contributed by atoms with E-state index in [2.05, 4.69) is 182 Å². The summed E-state index contributed by atoms with van der Waals surface area (Å²) < 4.78 is 6.82. The van der Waals surface area contributed by atoms with Gasteiger partial charge in [-0.25, -0.2) is 0 Å². The van der Waals surface area contributed by atoms with Crippen LogP contribution in [0.5, 0.6) is 0 Å². The number of para-hydroxylation sites is 1. The Morgan fingerprint density at radius 3 is 1.53 bits per heavy atom. The van der Waals surface area contributed by atoms with E-state index in [0.717, 1.165) is 27.5 Å². The van der Waals surface area contributed by atoms with Gasteiger partial charge in [-0.15, -0.1) is 0 Å². The van der Waals surface area contributed by atoms with Crippen LogP contribution in [-0.2, 0) is 0 Å². The molecular formula is C50H30O. The van der Waals surface area contributed by atoms with Gasteiger partial charge in [0, 0.05) is 21.9 Å². The predicted octanol–water partition coefficient (Wildman–Crippen LogP) is 14.4. The van der Waals surface area contributed by atoms with E-state index in [0.29, 0.717) is 0 Å². The highest BCUT2D eigenvalue weighted by molar-refractivity contribution is 6.26. The zero-order valence-electron chi connectivity index (χ0n) is 27.7. The van der Waals surface area contributed by atoms with Crippen molar-refractivity contribution in [2.24, 2.45) is 0 Å². The molecule has 0 N–H and O–H groups in total. The Bertz CT molecular complexity index is 3130. The molecule has 0 saturated heterocycles. The summed E-state index contributed by atoms with van der Waals surface area (Å²) in [7, 11) is 0. The van der Waals surface area contributed by atoms with Crippen molar-refractivity contribution in [2.75, 3.05) is 0 Å². The minimum atomic E-state index is 0.914. The maximum Gasteiger partial charge on any atom is 0.143 e. The maximum atomic E-state index is 6.82. The van der Waals surface area contributed by atoms with Crippen LogP contribution in [0, 0.1) is 0 Å². The Labute approximate surface area is 294 Å². The lowest BCUT2D eigenvalue weighted by Crippen LogP contribution is -1.93. The van der Waals surface area contributed by atoms with Gasteiger partial charge in [-0.05, 0) is 100 Å². The Morgan fingerprint density at radius 1 is 0.275 bits per heavy atom. The van der Waals surface area contributed by atoms with Crippen LogP contribution < -0.4 is 0 Å². The van der Waals surface area contributed by atoms with E-state index in [1.165, 1.54) is 81.7 Å². The minimum Gasteiger partial charge on any atom is -0.455 e. The topological polar surface area (TPSA) is 13.1 Å². The van der Waals surface area contributed by atoms with Gasteiger partial charge in [0.15, 0.2) is 0 Å². The minimum absolute atomic E-state index is 0.914. The van der Waals surface area contributed by atoms with Crippen LogP contribution in [0.3, 0.4) is 0 Å². The summed E-state index contributed by atoms with van der Waals surface area (Å²) in [5.41, 5.74) is 9.07. The molecule has 0 spiro atoms. The van der Waals surface area contributed by atoms with Crippen molar-refractivity contribution in [3.8, 4) is 33.4 Å². The monoisotopic (exact) mass is 646 g/mol. The van der Waals surface area contributed by atoms with Crippen molar-refractivity contribution in [2.45, 2.75) is 0 Å². The molecule has 1 heterocycles. The van der Waals surface area contributed by atoms with Gasteiger partial charge in [-0.2, -0.15) is 0 Å². The Hall–Kier alpha value is -6.70. The lowest BCUT2D eigenvalue weighted by atomic mass is 9.82. The molecule has 11 aromatic rings. The van der Waals surface area contributed by atoms with Crippen molar-refractivity contribution < 1.29 is 4.42 Å². The molecule has 10 aromatic carbocycles. The van der Waals surface area contributed by atoms with Gasteiger partial charge in [-0.1, -0.05) is 158 Å². The summed E-state index contributed by atoms with van der Waals surface area (Å²) in [6.07, 6.45) is 0. The number of fused-ring (bicyclic) bond motifs is 9. The van der Waals surface area contributed by atoms with Crippen LogP contribution in [0.25, 0.3) is 109 Å². The molecule has 1 aromatic heterocycles. The molecule has 236 valence electrons. The lowest BCUT2D eigenvalue weighted by Gasteiger charge is -2.21. The summed E-state index contributed by atoms with van der Waals surface area (Å²) in [6.45, 7) is 0. The second-order valence-corrected chi connectivity index (χ2v) is 13.6. The van der Waals surface area contributed by atoms with Gasteiger partial charge in [0.2, 0.25) is 0 Å². The fourth-order valence-corrected chi connectivity index (χ4v) is 8.51.